The number of aryl methyl sites for hydroxylation is 1. The molecule has 0 atom stereocenters. The number of hydrogen-bond donors (Lipinski definition) is 1. The summed E-state index contributed by atoms with van der Waals surface area (Å²) in [7, 11) is 0. The first-order valence-corrected chi connectivity index (χ1v) is 8.73. The van der Waals surface area contributed by atoms with Gasteiger partial charge in [-0.25, -0.2) is 4.68 Å². The van der Waals surface area contributed by atoms with Crippen LogP contribution < -0.4 is 5.32 Å². The first-order valence-electron chi connectivity index (χ1n) is 7.50. The Morgan fingerprint density at radius 2 is 2.04 bits per heavy atom. The van der Waals surface area contributed by atoms with Gasteiger partial charge in [0.2, 0.25) is 0 Å². The van der Waals surface area contributed by atoms with E-state index in [9.17, 15) is 10.1 Å². The van der Waals surface area contributed by atoms with Gasteiger partial charge in [0.15, 0.2) is 5.82 Å². The maximum Gasteiger partial charge on any atom is 0.256 e. The molecule has 1 amide bonds. The summed E-state index contributed by atoms with van der Waals surface area (Å²) >= 11 is 1.36. The summed E-state index contributed by atoms with van der Waals surface area (Å²) in [6, 6.07) is 14.8. The van der Waals surface area contributed by atoms with Crippen molar-refractivity contribution < 1.29 is 4.79 Å². The van der Waals surface area contributed by atoms with E-state index < -0.39 is 0 Å². The van der Waals surface area contributed by atoms with Gasteiger partial charge in [0.1, 0.15) is 16.7 Å². The molecule has 0 saturated carbocycles. The molecule has 25 heavy (non-hydrogen) atoms. The molecule has 0 radical (unpaired) electrons. The number of thioether (sulfide) groups is 1. The normalized spacial score (nSPS) is 10.3. The van der Waals surface area contributed by atoms with Gasteiger partial charge in [0, 0.05) is 17.5 Å². The van der Waals surface area contributed by atoms with E-state index in [1.54, 1.807) is 23.0 Å². The topological polar surface area (TPSA) is 83.6 Å². The Bertz CT molecular complexity index is 959. The maximum atomic E-state index is 12.6. The van der Waals surface area contributed by atoms with Crippen LogP contribution in [0.5, 0.6) is 0 Å². The van der Waals surface area contributed by atoms with Gasteiger partial charge in [-0.2, -0.15) is 10.4 Å². The van der Waals surface area contributed by atoms with E-state index in [0.29, 0.717) is 22.0 Å². The summed E-state index contributed by atoms with van der Waals surface area (Å²) in [6.45, 7) is 1.82. The molecule has 0 saturated heterocycles. The lowest BCUT2D eigenvalue weighted by molar-refractivity contribution is 0.102. The van der Waals surface area contributed by atoms with E-state index in [0.717, 1.165) is 11.4 Å². The minimum absolute atomic E-state index is 0.313. The third-order valence-corrected chi connectivity index (χ3v) is 4.22. The third kappa shape index (κ3) is 3.39. The van der Waals surface area contributed by atoms with E-state index >= 15 is 0 Å². The van der Waals surface area contributed by atoms with Crippen molar-refractivity contribution >= 4 is 23.5 Å². The van der Waals surface area contributed by atoms with Crippen LogP contribution in [0.2, 0.25) is 0 Å². The fourth-order valence-electron chi connectivity index (χ4n) is 2.38. The van der Waals surface area contributed by atoms with Gasteiger partial charge in [-0.15, -0.1) is 11.8 Å². The highest BCUT2D eigenvalue weighted by atomic mass is 32.2. The van der Waals surface area contributed by atoms with Crippen LogP contribution in [0.4, 0.5) is 5.82 Å². The number of carbonyl (C=O) groups excluding carboxylic acids is 1. The van der Waals surface area contributed by atoms with Crippen LogP contribution in [0, 0.1) is 18.3 Å². The molecule has 6 nitrogen and oxygen atoms in total. The Hall–Kier alpha value is -3.11. The van der Waals surface area contributed by atoms with Crippen LogP contribution in [0.25, 0.3) is 5.69 Å². The Balaban J connectivity index is 2.07. The summed E-state index contributed by atoms with van der Waals surface area (Å²) in [5, 5.41) is 17.4. The second-order valence-corrected chi connectivity index (χ2v) is 6.03. The maximum absolute atomic E-state index is 12.6. The zero-order valence-corrected chi connectivity index (χ0v) is 14.5. The Morgan fingerprint density at radius 1 is 1.28 bits per heavy atom. The van der Waals surface area contributed by atoms with E-state index in [1.165, 1.54) is 11.8 Å². The van der Waals surface area contributed by atoms with Gasteiger partial charge in [0.25, 0.3) is 5.91 Å². The van der Waals surface area contributed by atoms with Crippen LogP contribution in [-0.2, 0) is 0 Å². The fraction of sp³-hybridized carbons (Fsp3) is 0.111. The smallest absolute Gasteiger partial charge is 0.256 e. The number of pyridine rings is 1. The third-order valence-electron chi connectivity index (χ3n) is 3.55. The van der Waals surface area contributed by atoms with E-state index in [2.05, 4.69) is 21.5 Å². The van der Waals surface area contributed by atoms with Crippen molar-refractivity contribution in [1.29, 1.82) is 5.26 Å². The first kappa shape index (κ1) is 16.7. The number of para-hydroxylation sites is 1. The number of nitrogens with one attached hydrogen (secondary N) is 1. The number of anilines is 1. The molecule has 0 spiro atoms. The number of nitrogens with zero attached hydrogens (tertiary/aromatic N) is 4. The van der Waals surface area contributed by atoms with Gasteiger partial charge in [0.05, 0.1) is 5.69 Å². The molecule has 0 fully saturated rings. The monoisotopic (exact) mass is 349 g/mol. The molecular weight excluding hydrogens is 334 g/mol. The zero-order valence-electron chi connectivity index (χ0n) is 13.7. The SMILES string of the molecule is CSc1nn(-c2ccccc2)c(NC(=O)c2ccnc(C)c2)c1C#N. The van der Waals surface area contributed by atoms with Crippen molar-refractivity contribution in [3.63, 3.8) is 0 Å². The molecule has 1 aromatic carbocycles. The molecular formula is C18H15N5OS. The largest absolute Gasteiger partial charge is 0.305 e. The van der Waals surface area contributed by atoms with Crippen molar-refractivity contribution in [1.82, 2.24) is 14.8 Å². The van der Waals surface area contributed by atoms with Crippen molar-refractivity contribution in [3.8, 4) is 11.8 Å². The molecule has 0 aliphatic carbocycles. The summed E-state index contributed by atoms with van der Waals surface area (Å²) in [6.07, 6.45) is 3.42. The van der Waals surface area contributed by atoms with Crippen molar-refractivity contribution in [2.45, 2.75) is 11.9 Å². The molecule has 124 valence electrons. The molecule has 3 rings (SSSR count). The lowest BCUT2D eigenvalue weighted by Crippen LogP contribution is -2.16. The van der Waals surface area contributed by atoms with Crippen LogP contribution in [0.1, 0.15) is 21.6 Å². The second kappa shape index (κ2) is 7.20. The molecule has 0 unspecified atom stereocenters. The van der Waals surface area contributed by atoms with Crippen LogP contribution >= 0.6 is 11.8 Å². The van der Waals surface area contributed by atoms with Crippen LogP contribution in [-0.4, -0.2) is 26.9 Å². The molecule has 1 N–H and O–H groups in total. The summed E-state index contributed by atoms with van der Waals surface area (Å²) in [5.74, 6) is 0.0456. The fourth-order valence-corrected chi connectivity index (χ4v) is 2.89. The van der Waals surface area contributed by atoms with Gasteiger partial charge < -0.3 is 5.32 Å². The number of nitriles is 1. The molecule has 2 aromatic heterocycles. The standard InChI is InChI=1S/C18H15N5OS/c1-12-10-13(8-9-20-12)17(24)21-16-15(11-19)18(25-2)22-23(16)14-6-4-3-5-7-14/h3-10H,1-2H3,(H,21,24). The Labute approximate surface area is 149 Å². The molecule has 0 aliphatic heterocycles. The first-order chi connectivity index (χ1) is 12.1. The quantitative estimate of drug-likeness (QED) is 0.730. The van der Waals surface area contributed by atoms with E-state index in [1.807, 2.05) is 43.5 Å². The average molecular weight is 349 g/mol. The average Bonchev–Trinajstić information content (AvgIpc) is 2.99. The summed E-state index contributed by atoms with van der Waals surface area (Å²) in [4.78, 5) is 16.7. The number of aromatic nitrogens is 3. The minimum Gasteiger partial charge on any atom is -0.305 e. The van der Waals surface area contributed by atoms with Gasteiger partial charge >= 0.3 is 0 Å². The van der Waals surface area contributed by atoms with Crippen LogP contribution in [0.3, 0.4) is 0 Å². The highest BCUT2D eigenvalue weighted by molar-refractivity contribution is 7.98. The molecule has 2 heterocycles. The molecule has 0 bridgehead atoms. The lowest BCUT2D eigenvalue weighted by Gasteiger charge is -2.09. The summed E-state index contributed by atoms with van der Waals surface area (Å²) in [5.41, 5.74) is 2.33. The van der Waals surface area contributed by atoms with Gasteiger partial charge in [-0.1, -0.05) is 18.2 Å². The number of rotatable bonds is 4. The van der Waals surface area contributed by atoms with E-state index in [4.69, 9.17) is 0 Å². The van der Waals surface area contributed by atoms with Crippen molar-refractivity contribution in [2.24, 2.45) is 0 Å². The molecule has 0 aliphatic rings. The van der Waals surface area contributed by atoms with Crippen LogP contribution in [0.15, 0.2) is 53.7 Å². The van der Waals surface area contributed by atoms with Crippen molar-refractivity contribution in [2.75, 3.05) is 11.6 Å². The second-order valence-electron chi connectivity index (χ2n) is 5.23. The predicted molar refractivity (Wildman–Crippen MR) is 97.0 cm³/mol. The van der Waals surface area contributed by atoms with E-state index in [-0.39, 0.29) is 5.91 Å². The highest BCUT2D eigenvalue weighted by Crippen LogP contribution is 2.29. The Kier molecular flexibility index (Phi) is 4.82. The Morgan fingerprint density at radius 3 is 2.68 bits per heavy atom. The summed E-state index contributed by atoms with van der Waals surface area (Å²) < 4.78 is 1.58. The highest BCUT2D eigenvalue weighted by Gasteiger charge is 2.21. The molecule has 7 heteroatoms. The number of amides is 1. The number of hydrogen-bond acceptors (Lipinski definition) is 5. The lowest BCUT2D eigenvalue weighted by atomic mass is 10.2. The minimum atomic E-state index is -0.313. The van der Waals surface area contributed by atoms with Gasteiger partial charge in [-0.3, -0.25) is 9.78 Å². The molecule has 3 aromatic rings. The van der Waals surface area contributed by atoms with Gasteiger partial charge in [-0.05, 0) is 37.4 Å². The predicted octanol–water partition coefficient (Wildman–Crippen LogP) is 3.42. The number of carbonyl (C=O) groups is 1. The number of benzene rings is 1. The van der Waals surface area contributed by atoms with Crippen molar-refractivity contribution in [3.05, 3.63) is 65.5 Å². The zero-order chi connectivity index (χ0) is 17.8.